The van der Waals surface area contributed by atoms with E-state index in [1.165, 1.54) is 0 Å². The summed E-state index contributed by atoms with van der Waals surface area (Å²) in [6.07, 6.45) is 3.88. The fraction of sp³-hybridized carbons (Fsp3) is 0.0435. The number of aromatic nitrogens is 2. The molecule has 0 fully saturated rings. The predicted octanol–water partition coefficient (Wildman–Crippen LogP) is 5.47. The van der Waals surface area contributed by atoms with Gasteiger partial charge in [0, 0.05) is 3.57 Å². The highest BCUT2D eigenvalue weighted by Gasteiger charge is 2.13. The molecule has 0 spiro atoms. The van der Waals surface area contributed by atoms with Gasteiger partial charge < -0.3 is 0 Å². The number of aryl methyl sites for hydroxylation is 1. The molecule has 0 aliphatic rings. The first-order valence-corrected chi connectivity index (χ1v) is 9.73. The van der Waals surface area contributed by atoms with Gasteiger partial charge >= 0.3 is 0 Å². The van der Waals surface area contributed by atoms with Gasteiger partial charge in [0.1, 0.15) is 5.82 Å². The molecular formula is C23H17IN2O. The highest BCUT2D eigenvalue weighted by molar-refractivity contribution is 14.1. The molecule has 0 N–H and O–H groups in total. The number of rotatable bonds is 3. The van der Waals surface area contributed by atoms with Gasteiger partial charge in [-0.15, -0.1) is 0 Å². The van der Waals surface area contributed by atoms with Gasteiger partial charge in [-0.2, -0.15) is 0 Å². The molecule has 132 valence electrons. The summed E-state index contributed by atoms with van der Waals surface area (Å²) in [5.41, 5.74) is 3.59. The third-order valence-electron chi connectivity index (χ3n) is 4.44. The van der Waals surface area contributed by atoms with Crippen molar-refractivity contribution in [3.05, 3.63) is 104 Å². The summed E-state index contributed by atoms with van der Waals surface area (Å²) in [6, 6.07) is 23.7. The van der Waals surface area contributed by atoms with Crippen LogP contribution < -0.4 is 5.56 Å². The molecular weight excluding hydrogens is 447 g/mol. The smallest absolute Gasteiger partial charge is 0.266 e. The van der Waals surface area contributed by atoms with Gasteiger partial charge in [-0.3, -0.25) is 9.36 Å². The van der Waals surface area contributed by atoms with Crippen molar-refractivity contribution in [1.82, 2.24) is 9.55 Å². The Bertz CT molecular complexity index is 1210. The molecule has 1 heterocycles. The Hall–Kier alpha value is -2.73. The minimum absolute atomic E-state index is 0.0551. The monoisotopic (exact) mass is 464 g/mol. The van der Waals surface area contributed by atoms with Gasteiger partial charge in [0.15, 0.2) is 0 Å². The normalized spacial score (nSPS) is 11.3. The van der Waals surface area contributed by atoms with Crippen molar-refractivity contribution in [2.24, 2.45) is 0 Å². The van der Waals surface area contributed by atoms with Crippen LogP contribution in [-0.4, -0.2) is 9.55 Å². The van der Waals surface area contributed by atoms with Crippen LogP contribution in [0, 0.1) is 10.5 Å². The van der Waals surface area contributed by atoms with Crippen LogP contribution in [0.3, 0.4) is 0 Å². The lowest BCUT2D eigenvalue weighted by Crippen LogP contribution is -2.23. The van der Waals surface area contributed by atoms with Crippen molar-refractivity contribution in [3.63, 3.8) is 0 Å². The molecule has 27 heavy (non-hydrogen) atoms. The Morgan fingerprint density at radius 2 is 1.67 bits per heavy atom. The summed E-state index contributed by atoms with van der Waals surface area (Å²) >= 11 is 2.22. The van der Waals surface area contributed by atoms with Gasteiger partial charge in [0.2, 0.25) is 0 Å². The first-order chi connectivity index (χ1) is 13.1. The molecule has 0 saturated heterocycles. The minimum atomic E-state index is -0.0551. The van der Waals surface area contributed by atoms with E-state index in [4.69, 9.17) is 4.98 Å². The maximum atomic E-state index is 13.4. The molecule has 0 saturated carbocycles. The number of fused-ring (bicyclic) bond motifs is 1. The van der Waals surface area contributed by atoms with Crippen LogP contribution in [0.5, 0.6) is 0 Å². The lowest BCUT2D eigenvalue weighted by atomic mass is 10.1. The number of nitrogens with zero attached hydrogens (tertiary/aromatic N) is 2. The molecule has 4 aromatic rings. The second-order valence-corrected chi connectivity index (χ2v) is 7.55. The molecule has 0 aliphatic carbocycles. The highest BCUT2D eigenvalue weighted by Crippen LogP contribution is 2.19. The van der Waals surface area contributed by atoms with Gasteiger partial charge in [-0.05, 0) is 71.0 Å². The molecule has 4 rings (SSSR count). The van der Waals surface area contributed by atoms with Gasteiger partial charge in [0.05, 0.1) is 16.6 Å². The van der Waals surface area contributed by atoms with Crippen LogP contribution in [0.2, 0.25) is 0 Å². The molecule has 1 aromatic heterocycles. The second-order valence-electron chi connectivity index (χ2n) is 6.30. The van der Waals surface area contributed by atoms with E-state index < -0.39 is 0 Å². The summed E-state index contributed by atoms with van der Waals surface area (Å²) in [5.74, 6) is 0.617. The van der Waals surface area contributed by atoms with E-state index in [2.05, 4.69) is 22.6 Å². The van der Waals surface area contributed by atoms with E-state index in [0.29, 0.717) is 16.7 Å². The van der Waals surface area contributed by atoms with E-state index in [-0.39, 0.29) is 5.56 Å². The molecule has 0 aliphatic heterocycles. The molecule has 0 radical (unpaired) electrons. The Balaban J connectivity index is 2.00. The Morgan fingerprint density at radius 3 is 2.44 bits per heavy atom. The predicted molar refractivity (Wildman–Crippen MR) is 120 cm³/mol. The first-order valence-electron chi connectivity index (χ1n) is 8.65. The number of hydrogen-bond donors (Lipinski definition) is 0. The fourth-order valence-electron chi connectivity index (χ4n) is 3.07. The van der Waals surface area contributed by atoms with Crippen LogP contribution in [0.25, 0.3) is 28.7 Å². The van der Waals surface area contributed by atoms with Crippen molar-refractivity contribution >= 4 is 45.6 Å². The van der Waals surface area contributed by atoms with Crippen molar-refractivity contribution in [2.45, 2.75) is 6.92 Å². The maximum Gasteiger partial charge on any atom is 0.266 e. The highest BCUT2D eigenvalue weighted by atomic mass is 127. The van der Waals surface area contributed by atoms with Crippen molar-refractivity contribution < 1.29 is 0 Å². The minimum Gasteiger partial charge on any atom is -0.268 e. The molecule has 0 amide bonds. The zero-order valence-electron chi connectivity index (χ0n) is 14.8. The Kier molecular flexibility index (Phi) is 4.90. The number of para-hydroxylation sites is 1. The number of benzene rings is 3. The largest absolute Gasteiger partial charge is 0.268 e. The lowest BCUT2D eigenvalue weighted by molar-refractivity contribution is 0.934. The third-order valence-corrected chi connectivity index (χ3v) is 5.11. The van der Waals surface area contributed by atoms with Crippen LogP contribution in [-0.2, 0) is 0 Å². The van der Waals surface area contributed by atoms with Crippen LogP contribution in [0.15, 0.2) is 77.6 Å². The van der Waals surface area contributed by atoms with Gasteiger partial charge in [-0.25, -0.2) is 4.98 Å². The summed E-state index contributed by atoms with van der Waals surface area (Å²) in [4.78, 5) is 18.1. The van der Waals surface area contributed by atoms with Crippen LogP contribution in [0.1, 0.15) is 17.0 Å². The third kappa shape index (κ3) is 3.57. The standard InChI is InChI=1S/C23H17IN2O/c1-16-7-5-6-10-21(16)26-22(14-11-17-8-3-2-4-9-17)25-20-13-12-18(24)15-19(20)23(26)27/h2-15H,1H3/b14-11+. The molecule has 3 nitrogen and oxygen atoms in total. The Morgan fingerprint density at radius 1 is 0.926 bits per heavy atom. The lowest BCUT2D eigenvalue weighted by Gasteiger charge is -2.13. The average Bonchev–Trinajstić information content (AvgIpc) is 2.69. The topological polar surface area (TPSA) is 34.9 Å². The SMILES string of the molecule is Cc1ccccc1-n1c(/C=C/c2ccccc2)nc2ccc(I)cc2c1=O. The molecule has 0 atom stereocenters. The van der Waals surface area contributed by atoms with Crippen molar-refractivity contribution in [3.8, 4) is 5.69 Å². The quantitative estimate of drug-likeness (QED) is 0.377. The first kappa shape index (κ1) is 17.7. The van der Waals surface area contributed by atoms with E-state index in [1.807, 2.05) is 91.9 Å². The molecule has 3 aromatic carbocycles. The summed E-state index contributed by atoms with van der Waals surface area (Å²) in [7, 11) is 0. The van der Waals surface area contributed by atoms with E-state index >= 15 is 0 Å². The van der Waals surface area contributed by atoms with Crippen molar-refractivity contribution in [2.75, 3.05) is 0 Å². The van der Waals surface area contributed by atoms with Crippen molar-refractivity contribution in [1.29, 1.82) is 0 Å². The van der Waals surface area contributed by atoms with Gasteiger partial charge in [-0.1, -0.05) is 54.6 Å². The summed E-state index contributed by atoms with van der Waals surface area (Å²) in [6.45, 7) is 2.01. The summed E-state index contributed by atoms with van der Waals surface area (Å²) in [5, 5.41) is 0.627. The summed E-state index contributed by atoms with van der Waals surface area (Å²) < 4.78 is 2.72. The number of halogens is 1. The van der Waals surface area contributed by atoms with Crippen LogP contribution in [0.4, 0.5) is 0 Å². The zero-order chi connectivity index (χ0) is 18.8. The molecule has 4 heteroatoms. The molecule has 0 unspecified atom stereocenters. The average molecular weight is 464 g/mol. The van der Waals surface area contributed by atoms with E-state index in [0.717, 1.165) is 20.4 Å². The van der Waals surface area contributed by atoms with E-state index in [9.17, 15) is 4.79 Å². The maximum absolute atomic E-state index is 13.4. The zero-order valence-corrected chi connectivity index (χ0v) is 16.9. The van der Waals surface area contributed by atoms with Crippen LogP contribution >= 0.6 is 22.6 Å². The Labute approximate surface area is 171 Å². The fourth-order valence-corrected chi connectivity index (χ4v) is 3.56. The van der Waals surface area contributed by atoms with E-state index in [1.54, 1.807) is 4.57 Å². The van der Waals surface area contributed by atoms with Gasteiger partial charge in [0.25, 0.3) is 5.56 Å². The second kappa shape index (κ2) is 7.48. The number of hydrogen-bond acceptors (Lipinski definition) is 2. The molecule has 0 bridgehead atoms.